The van der Waals surface area contributed by atoms with E-state index in [0.29, 0.717) is 17.1 Å². The number of alkyl halides is 2. The second kappa shape index (κ2) is 9.55. The quantitative estimate of drug-likeness (QED) is 0.319. The van der Waals surface area contributed by atoms with Gasteiger partial charge in [0.1, 0.15) is 22.8 Å². The van der Waals surface area contributed by atoms with Crippen molar-refractivity contribution in [3.05, 3.63) is 67.0 Å². The zero-order valence-corrected chi connectivity index (χ0v) is 20.0. The Kier molecular flexibility index (Phi) is 5.92. The highest BCUT2D eigenvalue weighted by Gasteiger charge is 2.23. The lowest BCUT2D eigenvalue weighted by Gasteiger charge is -2.26. The van der Waals surface area contributed by atoms with Gasteiger partial charge in [0.05, 0.1) is 35.9 Å². The molecule has 1 aliphatic rings. The van der Waals surface area contributed by atoms with Crippen molar-refractivity contribution >= 4 is 17.2 Å². The number of carbonyl (C=O) groups excluding carboxylic acids is 1. The first-order valence-electron chi connectivity index (χ1n) is 11.6. The maximum absolute atomic E-state index is 13.3. The van der Waals surface area contributed by atoms with E-state index in [2.05, 4.69) is 30.9 Å². The van der Waals surface area contributed by atoms with Crippen LogP contribution in [0.25, 0.3) is 16.9 Å². The number of fused-ring (bicyclic) bond motifs is 1. The number of aryl methyl sites for hydroxylation is 1. The number of benzene rings is 1. The molecule has 12 nitrogen and oxygen atoms in total. The van der Waals surface area contributed by atoms with Crippen molar-refractivity contribution in [2.75, 3.05) is 18.4 Å². The fourth-order valence-electron chi connectivity index (χ4n) is 4.08. The molecule has 4 aromatic heterocycles. The number of ether oxygens (including phenoxy) is 2. The Morgan fingerprint density at radius 3 is 2.84 bits per heavy atom. The molecule has 0 aliphatic carbocycles. The molecule has 0 atom stereocenters. The molecule has 1 saturated heterocycles. The predicted octanol–water partition coefficient (Wildman–Crippen LogP) is 3.12. The number of hydrogen-bond acceptors (Lipinski definition) is 8. The molecule has 0 saturated carbocycles. The molecule has 5 aromatic rings. The van der Waals surface area contributed by atoms with Crippen molar-refractivity contribution in [3.63, 3.8) is 0 Å². The highest BCUT2D eigenvalue weighted by Crippen LogP contribution is 2.38. The smallest absolute Gasteiger partial charge is 0.387 e. The molecule has 0 bridgehead atoms. The summed E-state index contributed by atoms with van der Waals surface area (Å²) in [6.45, 7) is -1.42. The van der Waals surface area contributed by atoms with Gasteiger partial charge in [0.2, 0.25) is 0 Å². The Morgan fingerprint density at radius 2 is 2.05 bits per heavy atom. The standard InChI is InChI=1S/C24H21F2N9O3/c1-33-13-19(31-23(36)18-11-30-34-6-2-5-28-22(18)34)21(32-33)17-7-15(3-4-20(17)38-24(25)26)37-16-10-29-35(12-16)14-8-27-9-14/h2-7,10-14,24,27H,8-9H2,1H3,(H,31,36). The summed E-state index contributed by atoms with van der Waals surface area (Å²) in [5.41, 5.74) is 1.29. The third kappa shape index (κ3) is 4.52. The molecular formula is C24H21F2N9O3. The van der Waals surface area contributed by atoms with Crippen LogP contribution < -0.4 is 20.1 Å². The molecule has 38 heavy (non-hydrogen) atoms. The zero-order chi connectivity index (χ0) is 26.2. The minimum Gasteiger partial charge on any atom is -0.454 e. The van der Waals surface area contributed by atoms with Gasteiger partial charge in [-0.2, -0.15) is 24.1 Å². The lowest BCUT2D eigenvalue weighted by molar-refractivity contribution is -0.0494. The third-order valence-corrected chi connectivity index (χ3v) is 5.97. The van der Waals surface area contributed by atoms with Crippen LogP contribution in [0, 0.1) is 0 Å². The van der Waals surface area contributed by atoms with Gasteiger partial charge in [-0.15, -0.1) is 0 Å². The first kappa shape index (κ1) is 23.5. The van der Waals surface area contributed by atoms with Gasteiger partial charge in [-0.25, -0.2) is 9.50 Å². The largest absolute Gasteiger partial charge is 0.454 e. The summed E-state index contributed by atoms with van der Waals surface area (Å²) in [6, 6.07) is 6.35. The average Bonchev–Trinajstić information content (AvgIpc) is 3.57. The van der Waals surface area contributed by atoms with E-state index < -0.39 is 12.5 Å². The molecule has 1 aromatic carbocycles. The molecule has 1 amide bonds. The summed E-state index contributed by atoms with van der Waals surface area (Å²) >= 11 is 0. The van der Waals surface area contributed by atoms with Crippen molar-refractivity contribution < 1.29 is 23.0 Å². The summed E-state index contributed by atoms with van der Waals surface area (Å²) in [6.07, 6.45) is 9.52. The Labute approximate surface area is 213 Å². The normalized spacial score (nSPS) is 13.6. The summed E-state index contributed by atoms with van der Waals surface area (Å²) in [4.78, 5) is 17.3. The van der Waals surface area contributed by atoms with Gasteiger partial charge in [0.15, 0.2) is 11.4 Å². The molecule has 14 heteroatoms. The fraction of sp³-hybridized carbons (Fsp3) is 0.208. The lowest BCUT2D eigenvalue weighted by atomic mass is 10.1. The van der Waals surface area contributed by atoms with Crippen molar-refractivity contribution in [2.24, 2.45) is 7.05 Å². The number of aromatic nitrogens is 7. The van der Waals surface area contributed by atoms with E-state index >= 15 is 0 Å². The maximum atomic E-state index is 13.3. The number of carbonyl (C=O) groups is 1. The SMILES string of the molecule is Cn1cc(NC(=O)c2cnn3cccnc23)c(-c2cc(Oc3cnn(C4CNC4)c3)ccc2OC(F)F)n1. The van der Waals surface area contributed by atoms with Crippen molar-refractivity contribution in [3.8, 4) is 28.5 Å². The second-order valence-corrected chi connectivity index (χ2v) is 8.57. The number of hydrogen-bond donors (Lipinski definition) is 2. The molecule has 1 aliphatic heterocycles. The summed E-state index contributed by atoms with van der Waals surface area (Å²) < 4.78 is 41.9. The van der Waals surface area contributed by atoms with E-state index in [1.165, 1.54) is 33.6 Å². The number of amides is 1. The predicted molar refractivity (Wildman–Crippen MR) is 130 cm³/mol. The van der Waals surface area contributed by atoms with Crippen LogP contribution >= 0.6 is 0 Å². The molecule has 194 valence electrons. The van der Waals surface area contributed by atoms with E-state index in [9.17, 15) is 13.6 Å². The van der Waals surface area contributed by atoms with Crippen LogP contribution in [-0.4, -0.2) is 59.8 Å². The number of rotatable bonds is 8. The van der Waals surface area contributed by atoms with Crippen LogP contribution in [0.3, 0.4) is 0 Å². The molecule has 2 N–H and O–H groups in total. The van der Waals surface area contributed by atoms with Crippen LogP contribution in [0.2, 0.25) is 0 Å². The van der Waals surface area contributed by atoms with Gasteiger partial charge >= 0.3 is 6.61 Å². The first-order valence-corrected chi connectivity index (χ1v) is 11.6. The van der Waals surface area contributed by atoms with E-state index in [0.717, 1.165) is 13.1 Å². The number of nitrogens with one attached hydrogen (secondary N) is 2. The number of nitrogens with zero attached hydrogens (tertiary/aromatic N) is 7. The van der Waals surface area contributed by atoms with Crippen LogP contribution in [0.15, 0.2) is 61.4 Å². The minimum atomic E-state index is -3.07. The van der Waals surface area contributed by atoms with E-state index in [-0.39, 0.29) is 34.3 Å². The van der Waals surface area contributed by atoms with Gasteiger partial charge in [-0.05, 0) is 24.3 Å². The van der Waals surface area contributed by atoms with Gasteiger partial charge in [0.25, 0.3) is 5.91 Å². The van der Waals surface area contributed by atoms with Gasteiger partial charge < -0.3 is 20.1 Å². The summed E-state index contributed by atoms with van der Waals surface area (Å²) in [5.74, 6) is 0.216. The average molecular weight is 521 g/mol. The molecule has 5 heterocycles. The number of halogens is 2. The van der Waals surface area contributed by atoms with Gasteiger partial charge in [0, 0.05) is 38.7 Å². The van der Waals surface area contributed by atoms with Crippen LogP contribution in [0.1, 0.15) is 16.4 Å². The lowest BCUT2D eigenvalue weighted by Crippen LogP contribution is -2.43. The van der Waals surface area contributed by atoms with E-state index in [1.54, 1.807) is 44.1 Å². The summed E-state index contributed by atoms with van der Waals surface area (Å²) in [5, 5.41) is 18.8. The monoisotopic (exact) mass is 521 g/mol. The van der Waals surface area contributed by atoms with Crippen LogP contribution in [0.4, 0.5) is 14.5 Å². The minimum absolute atomic E-state index is 0.129. The molecular weight excluding hydrogens is 500 g/mol. The maximum Gasteiger partial charge on any atom is 0.387 e. The Morgan fingerprint density at radius 1 is 1.18 bits per heavy atom. The number of anilines is 1. The van der Waals surface area contributed by atoms with Crippen LogP contribution in [-0.2, 0) is 7.05 Å². The molecule has 0 unspecified atom stereocenters. The van der Waals surface area contributed by atoms with Crippen molar-refractivity contribution in [2.45, 2.75) is 12.7 Å². The van der Waals surface area contributed by atoms with Crippen LogP contribution in [0.5, 0.6) is 17.2 Å². The Bertz CT molecular complexity index is 1620. The molecule has 1 fully saturated rings. The van der Waals surface area contributed by atoms with Gasteiger partial charge in [-0.1, -0.05) is 0 Å². The zero-order valence-electron chi connectivity index (χ0n) is 20.0. The highest BCUT2D eigenvalue weighted by molar-refractivity contribution is 6.09. The van der Waals surface area contributed by atoms with E-state index in [1.807, 2.05) is 4.68 Å². The Balaban J connectivity index is 1.33. The van der Waals surface area contributed by atoms with Crippen molar-refractivity contribution in [1.29, 1.82) is 0 Å². The second-order valence-electron chi connectivity index (χ2n) is 8.57. The van der Waals surface area contributed by atoms with Crippen molar-refractivity contribution in [1.82, 2.24) is 39.5 Å². The van der Waals surface area contributed by atoms with Gasteiger partial charge in [-0.3, -0.25) is 14.2 Å². The fourth-order valence-corrected chi connectivity index (χ4v) is 4.08. The topological polar surface area (TPSA) is 125 Å². The summed E-state index contributed by atoms with van der Waals surface area (Å²) in [7, 11) is 1.65. The molecule has 0 spiro atoms. The molecule has 6 rings (SSSR count). The first-order chi connectivity index (χ1) is 18.4. The Hall–Kier alpha value is -4.85. The van der Waals surface area contributed by atoms with E-state index in [4.69, 9.17) is 9.47 Å². The molecule has 0 radical (unpaired) electrons. The third-order valence-electron chi connectivity index (χ3n) is 5.97. The highest BCUT2D eigenvalue weighted by atomic mass is 19.3.